The summed E-state index contributed by atoms with van der Waals surface area (Å²) in [6.07, 6.45) is 5.57. The molecule has 1 aromatic carbocycles. The zero-order valence-electron chi connectivity index (χ0n) is 15.7. The Morgan fingerprint density at radius 3 is 2.78 bits per heavy atom. The Bertz CT molecular complexity index is 718. The standard InChI is InChI=1S/C20H25NO4S2/c1-3-13-25-16-10-7-6-9-15(16)14-17-19(23)21(20(26)27-17)12-8-4-5-11-18(22)24-2/h6-7,9-10,14H,3-5,8,11-13H2,1-2H3/b17-14+. The van der Waals surface area contributed by atoms with E-state index in [0.717, 1.165) is 37.0 Å². The third kappa shape index (κ3) is 6.36. The molecule has 0 N–H and O–H groups in total. The molecule has 2 rings (SSSR count). The number of esters is 1. The Morgan fingerprint density at radius 2 is 2.04 bits per heavy atom. The molecule has 0 aliphatic carbocycles. The van der Waals surface area contributed by atoms with Gasteiger partial charge in [-0.2, -0.15) is 0 Å². The lowest BCUT2D eigenvalue weighted by Crippen LogP contribution is -2.29. The lowest BCUT2D eigenvalue weighted by molar-refractivity contribution is -0.140. The minimum absolute atomic E-state index is 0.0664. The molecule has 1 aromatic rings. The maximum absolute atomic E-state index is 12.7. The number of thioether (sulfide) groups is 1. The van der Waals surface area contributed by atoms with Crippen molar-refractivity contribution in [1.29, 1.82) is 0 Å². The summed E-state index contributed by atoms with van der Waals surface area (Å²) in [5.74, 6) is 0.503. The van der Waals surface area contributed by atoms with E-state index in [2.05, 4.69) is 11.7 Å². The predicted molar refractivity (Wildman–Crippen MR) is 113 cm³/mol. The number of hydrogen-bond acceptors (Lipinski definition) is 6. The first kappa shape index (κ1) is 21.4. The van der Waals surface area contributed by atoms with E-state index in [9.17, 15) is 9.59 Å². The highest BCUT2D eigenvalue weighted by atomic mass is 32.2. The zero-order valence-corrected chi connectivity index (χ0v) is 17.4. The van der Waals surface area contributed by atoms with E-state index < -0.39 is 0 Å². The highest BCUT2D eigenvalue weighted by molar-refractivity contribution is 8.26. The van der Waals surface area contributed by atoms with E-state index in [0.29, 0.717) is 28.8 Å². The Balaban J connectivity index is 1.95. The van der Waals surface area contributed by atoms with Crippen LogP contribution in [-0.4, -0.2) is 41.4 Å². The van der Waals surface area contributed by atoms with Crippen LogP contribution in [0.25, 0.3) is 6.08 Å². The van der Waals surface area contributed by atoms with Gasteiger partial charge in [0, 0.05) is 18.5 Å². The molecule has 1 saturated heterocycles. The van der Waals surface area contributed by atoms with Crippen LogP contribution >= 0.6 is 24.0 Å². The van der Waals surface area contributed by atoms with Gasteiger partial charge in [-0.3, -0.25) is 14.5 Å². The highest BCUT2D eigenvalue weighted by Crippen LogP contribution is 2.34. The summed E-state index contributed by atoms with van der Waals surface area (Å²) < 4.78 is 11.0. The van der Waals surface area contributed by atoms with Crippen molar-refractivity contribution >= 4 is 46.3 Å². The number of carbonyl (C=O) groups is 2. The van der Waals surface area contributed by atoms with Crippen molar-refractivity contribution in [3.8, 4) is 5.75 Å². The van der Waals surface area contributed by atoms with Crippen molar-refractivity contribution in [2.45, 2.75) is 39.0 Å². The quantitative estimate of drug-likeness (QED) is 0.248. The van der Waals surface area contributed by atoms with Crippen LogP contribution in [0.3, 0.4) is 0 Å². The van der Waals surface area contributed by atoms with Gasteiger partial charge in [0.1, 0.15) is 10.1 Å². The van der Waals surface area contributed by atoms with E-state index in [1.54, 1.807) is 4.90 Å². The number of carbonyl (C=O) groups excluding carboxylic acids is 2. The van der Waals surface area contributed by atoms with Crippen molar-refractivity contribution in [3.05, 3.63) is 34.7 Å². The Morgan fingerprint density at radius 1 is 1.26 bits per heavy atom. The highest BCUT2D eigenvalue weighted by Gasteiger charge is 2.31. The van der Waals surface area contributed by atoms with Gasteiger partial charge in [0.2, 0.25) is 0 Å². The maximum atomic E-state index is 12.7. The van der Waals surface area contributed by atoms with Gasteiger partial charge in [-0.05, 0) is 31.4 Å². The molecule has 1 heterocycles. The largest absolute Gasteiger partial charge is 0.493 e. The van der Waals surface area contributed by atoms with Gasteiger partial charge in [0.25, 0.3) is 5.91 Å². The summed E-state index contributed by atoms with van der Waals surface area (Å²) in [6, 6.07) is 7.68. The Kier molecular flexibility index (Phi) is 8.81. The molecule has 5 nitrogen and oxygen atoms in total. The van der Waals surface area contributed by atoms with E-state index in [4.69, 9.17) is 17.0 Å². The van der Waals surface area contributed by atoms with Crippen LogP contribution in [0.15, 0.2) is 29.2 Å². The molecule has 1 fully saturated rings. The van der Waals surface area contributed by atoms with Gasteiger partial charge >= 0.3 is 5.97 Å². The second-order valence-corrected chi connectivity index (χ2v) is 7.78. The molecule has 0 bridgehead atoms. The molecule has 0 atom stereocenters. The predicted octanol–water partition coefficient (Wildman–Crippen LogP) is 4.41. The summed E-state index contributed by atoms with van der Waals surface area (Å²) in [5.41, 5.74) is 0.879. The molecule has 1 aliphatic rings. The number of hydrogen-bond donors (Lipinski definition) is 0. The van der Waals surface area contributed by atoms with Crippen molar-refractivity contribution < 1.29 is 19.1 Å². The number of thiocarbonyl (C=S) groups is 1. The van der Waals surface area contributed by atoms with Gasteiger partial charge in [-0.25, -0.2) is 0 Å². The van der Waals surface area contributed by atoms with Gasteiger partial charge in [0.05, 0.1) is 18.6 Å². The average Bonchev–Trinajstić information content (AvgIpc) is 2.94. The lowest BCUT2D eigenvalue weighted by atomic mass is 10.1. The minimum atomic E-state index is -0.201. The molecule has 0 unspecified atom stereocenters. The number of methoxy groups -OCH3 is 1. The summed E-state index contributed by atoms with van der Waals surface area (Å²) in [6.45, 7) is 3.26. The summed E-state index contributed by atoms with van der Waals surface area (Å²) in [4.78, 5) is 26.1. The van der Waals surface area contributed by atoms with E-state index in [1.807, 2.05) is 30.3 Å². The Labute approximate surface area is 170 Å². The third-order valence-electron chi connectivity index (χ3n) is 4.03. The number of ether oxygens (including phenoxy) is 2. The number of nitrogens with zero attached hydrogens (tertiary/aromatic N) is 1. The first-order valence-electron chi connectivity index (χ1n) is 9.10. The van der Waals surface area contributed by atoms with Crippen molar-refractivity contribution in [1.82, 2.24) is 4.90 Å². The molecular weight excluding hydrogens is 382 g/mol. The Hall–Kier alpha value is -1.86. The monoisotopic (exact) mass is 407 g/mol. The molecule has 146 valence electrons. The van der Waals surface area contributed by atoms with E-state index >= 15 is 0 Å². The summed E-state index contributed by atoms with van der Waals surface area (Å²) in [7, 11) is 1.39. The molecule has 27 heavy (non-hydrogen) atoms. The second kappa shape index (κ2) is 11.1. The molecule has 1 aliphatic heterocycles. The van der Waals surface area contributed by atoms with Gasteiger partial charge in [-0.1, -0.05) is 55.5 Å². The van der Waals surface area contributed by atoms with Crippen LogP contribution in [0.1, 0.15) is 44.6 Å². The number of benzene rings is 1. The van der Waals surface area contributed by atoms with Crippen LogP contribution in [0.2, 0.25) is 0 Å². The molecular formula is C20H25NO4S2. The molecule has 0 aromatic heterocycles. The van der Waals surface area contributed by atoms with E-state index in [-0.39, 0.29) is 11.9 Å². The van der Waals surface area contributed by atoms with Crippen LogP contribution in [-0.2, 0) is 14.3 Å². The zero-order chi connectivity index (χ0) is 19.6. The fourth-order valence-electron chi connectivity index (χ4n) is 2.60. The number of amides is 1. The molecule has 7 heteroatoms. The minimum Gasteiger partial charge on any atom is -0.493 e. The fraction of sp³-hybridized carbons (Fsp3) is 0.450. The molecule has 0 radical (unpaired) electrons. The van der Waals surface area contributed by atoms with Crippen LogP contribution < -0.4 is 4.74 Å². The van der Waals surface area contributed by atoms with Crippen LogP contribution in [0, 0.1) is 0 Å². The van der Waals surface area contributed by atoms with Gasteiger partial charge in [-0.15, -0.1) is 0 Å². The second-order valence-electron chi connectivity index (χ2n) is 6.11. The normalized spacial score (nSPS) is 15.5. The first-order valence-corrected chi connectivity index (χ1v) is 10.3. The van der Waals surface area contributed by atoms with E-state index in [1.165, 1.54) is 18.9 Å². The van der Waals surface area contributed by atoms with Crippen LogP contribution in [0.5, 0.6) is 5.75 Å². The van der Waals surface area contributed by atoms with Gasteiger partial charge in [0.15, 0.2) is 0 Å². The van der Waals surface area contributed by atoms with Crippen molar-refractivity contribution in [2.75, 3.05) is 20.3 Å². The summed E-state index contributed by atoms with van der Waals surface area (Å²) in [5, 5.41) is 0. The van der Waals surface area contributed by atoms with Crippen LogP contribution in [0.4, 0.5) is 0 Å². The summed E-state index contributed by atoms with van der Waals surface area (Å²) >= 11 is 6.69. The molecule has 0 saturated carbocycles. The lowest BCUT2D eigenvalue weighted by Gasteiger charge is -2.14. The molecule has 0 spiro atoms. The number of para-hydroxylation sites is 1. The molecule has 1 amide bonds. The smallest absolute Gasteiger partial charge is 0.305 e. The number of unbranched alkanes of at least 4 members (excludes halogenated alkanes) is 2. The number of rotatable bonds is 10. The van der Waals surface area contributed by atoms with Crippen molar-refractivity contribution in [2.24, 2.45) is 0 Å². The first-order chi connectivity index (χ1) is 13.1. The fourth-order valence-corrected chi connectivity index (χ4v) is 3.89. The average molecular weight is 408 g/mol. The topological polar surface area (TPSA) is 55.8 Å². The van der Waals surface area contributed by atoms with Gasteiger partial charge < -0.3 is 9.47 Å². The third-order valence-corrected chi connectivity index (χ3v) is 5.41. The van der Waals surface area contributed by atoms with Crippen molar-refractivity contribution in [3.63, 3.8) is 0 Å². The maximum Gasteiger partial charge on any atom is 0.305 e. The SMILES string of the molecule is CCCOc1ccccc1/C=C1/SC(=S)N(CCCCCC(=O)OC)C1=O.